The third-order valence-electron chi connectivity index (χ3n) is 8.67. The molecule has 3 aliphatic rings. The highest BCUT2D eigenvalue weighted by Crippen LogP contribution is 2.43. The van der Waals surface area contributed by atoms with E-state index >= 15 is 0 Å². The molecule has 0 spiro atoms. The maximum Gasteiger partial charge on any atom is 0.283 e. The lowest BCUT2D eigenvalue weighted by Crippen LogP contribution is -2.48. The summed E-state index contributed by atoms with van der Waals surface area (Å²) >= 11 is 0. The minimum absolute atomic E-state index is 0.0173. The zero-order chi connectivity index (χ0) is 28.7. The molecule has 4 heterocycles. The summed E-state index contributed by atoms with van der Waals surface area (Å²) in [7, 11) is -3.80. The molecule has 3 fully saturated rings. The van der Waals surface area contributed by atoms with Crippen molar-refractivity contribution in [2.24, 2.45) is 5.92 Å². The Morgan fingerprint density at radius 2 is 1.80 bits per heavy atom. The van der Waals surface area contributed by atoms with Crippen molar-refractivity contribution in [2.75, 3.05) is 37.3 Å². The molecule has 2 aromatic heterocycles. The first-order valence-electron chi connectivity index (χ1n) is 14.3. The quantitative estimate of drug-likeness (QED) is 0.469. The first-order chi connectivity index (χ1) is 19.7. The zero-order valence-corrected chi connectivity index (χ0v) is 23.9. The molecular formula is C29H34FN7O3S. The average molecular weight is 580 g/mol. The number of fused-ring (bicyclic) bond motifs is 1. The van der Waals surface area contributed by atoms with E-state index in [1.807, 2.05) is 4.72 Å². The summed E-state index contributed by atoms with van der Waals surface area (Å²) < 4.78 is 41.3. The van der Waals surface area contributed by atoms with Gasteiger partial charge >= 0.3 is 0 Å². The number of carbonyl (C=O) groups excluding carboxylic acids is 1. The number of likely N-dealkylation sites (tertiary alicyclic amines) is 1. The number of hydrogen-bond acceptors (Lipinski definition) is 8. The minimum atomic E-state index is -3.80. The Bertz CT molecular complexity index is 1600. The maximum absolute atomic E-state index is 13.8. The van der Waals surface area contributed by atoms with Crippen LogP contribution < -0.4 is 9.62 Å². The number of sulfonamides is 1. The number of aromatic nitrogens is 3. The molecule has 216 valence electrons. The second-order valence-electron chi connectivity index (χ2n) is 11.5. The zero-order valence-electron chi connectivity index (χ0n) is 23.1. The van der Waals surface area contributed by atoms with E-state index in [0.717, 1.165) is 94.1 Å². The van der Waals surface area contributed by atoms with Crippen LogP contribution in [0.4, 0.5) is 10.1 Å². The summed E-state index contributed by atoms with van der Waals surface area (Å²) in [6.45, 7) is 3.31. The van der Waals surface area contributed by atoms with E-state index in [-0.39, 0.29) is 23.3 Å². The predicted molar refractivity (Wildman–Crippen MR) is 153 cm³/mol. The van der Waals surface area contributed by atoms with Crippen LogP contribution in [-0.2, 0) is 10.0 Å². The van der Waals surface area contributed by atoms with Crippen LogP contribution in [0.5, 0.6) is 0 Å². The number of nitriles is 1. The second-order valence-corrected chi connectivity index (χ2v) is 13.3. The van der Waals surface area contributed by atoms with Crippen molar-refractivity contribution in [3.8, 4) is 11.8 Å². The number of nitrogens with zero attached hydrogens (tertiary/aromatic N) is 6. The van der Waals surface area contributed by atoms with Crippen LogP contribution in [0.15, 0.2) is 30.3 Å². The first-order valence-corrected chi connectivity index (χ1v) is 16.2. The van der Waals surface area contributed by atoms with Crippen LogP contribution in [0.2, 0.25) is 0 Å². The molecule has 0 bridgehead atoms. The van der Waals surface area contributed by atoms with Gasteiger partial charge in [0.05, 0.1) is 40.7 Å². The monoisotopic (exact) mass is 579 g/mol. The van der Waals surface area contributed by atoms with Crippen molar-refractivity contribution in [3.63, 3.8) is 0 Å². The summed E-state index contributed by atoms with van der Waals surface area (Å²) in [6.07, 6.45) is 7.87. The van der Waals surface area contributed by atoms with Gasteiger partial charge in [-0.2, -0.15) is 10.4 Å². The molecule has 12 heteroatoms. The van der Waals surface area contributed by atoms with Crippen molar-refractivity contribution >= 4 is 32.7 Å². The fraction of sp³-hybridized carbons (Fsp3) is 0.517. The standard InChI is InChI=1S/C29H34FN7O3S/c1-41(39,40)34-29(38)24-16-25(35-14-11-22(12-15-35)36-13-3-4-19(17-31)18-36)26-27(20-5-2-6-20)33-37(28(26)32-24)23-9-7-21(30)8-10-23/h7-10,16,19-20,22H,2-6,11-15,18H2,1H3,(H,34,38). The summed E-state index contributed by atoms with van der Waals surface area (Å²) in [4.78, 5) is 22.4. The van der Waals surface area contributed by atoms with E-state index in [1.165, 1.54) is 12.1 Å². The number of hydrogen-bond donors (Lipinski definition) is 1. The average Bonchev–Trinajstić information content (AvgIpc) is 3.30. The van der Waals surface area contributed by atoms with Gasteiger partial charge in [-0.3, -0.25) is 9.69 Å². The Morgan fingerprint density at radius 3 is 2.44 bits per heavy atom. The molecule has 1 N–H and O–H groups in total. The fourth-order valence-electron chi connectivity index (χ4n) is 6.35. The number of halogens is 1. The molecule has 1 atom stereocenters. The number of amides is 1. The normalized spacial score (nSPS) is 21.0. The number of pyridine rings is 1. The molecule has 10 nitrogen and oxygen atoms in total. The molecule has 2 saturated heterocycles. The Morgan fingerprint density at radius 1 is 1.07 bits per heavy atom. The molecule has 2 aliphatic heterocycles. The molecule has 6 rings (SSSR count). The molecule has 0 radical (unpaired) electrons. The second kappa shape index (κ2) is 11.0. The van der Waals surface area contributed by atoms with E-state index in [9.17, 15) is 22.9 Å². The number of benzene rings is 1. The molecule has 41 heavy (non-hydrogen) atoms. The number of nitrogens with one attached hydrogen (secondary N) is 1. The van der Waals surface area contributed by atoms with Gasteiger partial charge < -0.3 is 4.90 Å². The van der Waals surface area contributed by atoms with Crippen LogP contribution in [0.3, 0.4) is 0 Å². The van der Waals surface area contributed by atoms with E-state index in [0.29, 0.717) is 17.4 Å². The molecular weight excluding hydrogens is 545 g/mol. The van der Waals surface area contributed by atoms with Crippen LogP contribution >= 0.6 is 0 Å². The van der Waals surface area contributed by atoms with Gasteiger partial charge in [0.25, 0.3) is 5.91 Å². The highest BCUT2D eigenvalue weighted by atomic mass is 32.2. The molecule has 3 aromatic rings. The van der Waals surface area contributed by atoms with Crippen molar-refractivity contribution in [1.29, 1.82) is 5.26 Å². The topological polar surface area (TPSA) is 124 Å². The molecule has 1 aliphatic carbocycles. The molecule has 1 aromatic carbocycles. The van der Waals surface area contributed by atoms with Gasteiger partial charge in [0.15, 0.2) is 5.65 Å². The van der Waals surface area contributed by atoms with E-state index in [1.54, 1.807) is 22.9 Å². The fourth-order valence-corrected chi connectivity index (χ4v) is 6.80. The van der Waals surface area contributed by atoms with Gasteiger partial charge in [-0.15, -0.1) is 0 Å². The number of carbonyl (C=O) groups is 1. The Labute approximate surface area is 239 Å². The summed E-state index contributed by atoms with van der Waals surface area (Å²) in [5.41, 5.74) is 2.76. The smallest absolute Gasteiger partial charge is 0.283 e. The summed E-state index contributed by atoms with van der Waals surface area (Å²) in [5, 5.41) is 15.3. The summed E-state index contributed by atoms with van der Waals surface area (Å²) in [6, 6.07) is 10.5. The van der Waals surface area contributed by atoms with Gasteiger partial charge in [0, 0.05) is 31.6 Å². The van der Waals surface area contributed by atoms with Crippen LogP contribution in [0, 0.1) is 23.1 Å². The largest absolute Gasteiger partial charge is 0.371 e. The lowest BCUT2D eigenvalue weighted by atomic mass is 9.82. The number of piperidine rings is 2. The summed E-state index contributed by atoms with van der Waals surface area (Å²) in [5.74, 6) is -0.841. The van der Waals surface area contributed by atoms with E-state index in [2.05, 4.69) is 20.9 Å². The van der Waals surface area contributed by atoms with Gasteiger partial charge in [-0.25, -0.2) is 27.2 Å². The minimum Gasteiger partial charge on any atom is -0.371 e. The highest BCUT2D eigenvalue weighted by molar-refractivity contribution is 7.89. The van der Waals surface area contributed by atoms with Gasteiger partial charge in [0.1, 0.15) is 11.5 Å². The maximum atomic E-state index is 13.8. The Kier molecular flexibility index (Phi) is 7.42. The molecule has 1 unspecified atom stereocenters. The lowest BCUT2D eigenvalue weighted by molar-refractivity contribution is 0.0977. The lowest BCUT2D eigenvalue weighted by Gasteiger charge is -2.42. The third kappa shape index (κ3) is 5.65. The van der Waals surface area contributed by atoms with Crippen molar-refractivity contribution in [2.45, 2.75) is 56.9 Å². The van der Waals surface area contributed by atoms with E-state index < -0.39 is 15.9 Å². The van der Waals surface area contributed by atoms with E-state index in [4.69, 9.17) is 5.10 Å². The van der Waals surface area contributed by atoms with Crippen LogP contribution in [0.1, 0.15) is 67.0 Å². The number of rotatable bonds is 6. The van der Waals surface area contributed by atoms with Crippen LogP contribution in [-0.4, -0.2) is 72.5 Å². The Balaban J connectivity index is 1.42. The molecule has 1 saturated carbocycles. The number of anilines is 1. The highest BCUT2D eigenvalue weighted by Gasteiger charge is 2.33. The van der Waals surface area contributed by atoms with Crippen molar-refractivity contribution in [3.05, 3.63) is 47.5 Å². The SMILES string of the molecule is CS(=O)(=O)NC(=O)c1cc(N2CCC(N3CCCC(C#N)C3)CC2)c2c(C3CCC3)nn(-c3ccc(F)cc3)c2n1. The van der Waals surface area contributed by atoms with Gasteiger partial charge in [0.2, 0.25) is 10.0 Å². The first kappa shape index (κ1) is 27.6. The third-order valence-corrected chi connectivity index (χ3v) is 9.23. The van der Waals surface area contributed by atoms with Crippen molar-refractivity contribution in [1.82, 2.24) is 24.4 Å². The van der Waals surface area contributed by atoms with Gasteiger partial charge in [-0.1, -0.05) is 6.42 Å². The van der Waals surface area contributed by atoms with Crippen LogP contribution in [0.25, 0.3) is 16.7 Å². The van der Waals surface area contributed by atoms with Crippen molar-refractivity contribution < 1.29 is 17.6 Å². The predicted octanol–water partition coefficient (Wildman–Crippen LogP) is 3.72. The van der Waals surface area contributed by atoms with Gasteiger partial charge in [-0.05, 0) is 75.4 Å². The molecule has 1 amide bonds. The Hall–Kier alpha value is -3.56.